The molecule has 2 N–H and O–H groups in total. The molecule has 2 rings (SSSR count). The van der Waals surface area contributed by atoms with E-state index in [9.17, 15) is 4.79 Å². The van der Waals surface area contributed by atoms with Crippen LogP contribution in [0, 0.1) is 5.92 Å². The normalized spacial score (nSPS) is 37.1. The monoisotopic (exact) mass is 182 g/mol. The zero-order chi connectivity index (χ0) is 9.42. The molecule has 1 amide bonds. The van der Waals surface area contributed by atoms with Crippen LogP contribution in [0.25, 0.3) is 0 Å². The van der Waals surface area contributed by atoms with Crippen molar-refractivity contribution in [3.8, 4) is 0 Å². The molecule has 13 heavy (non-hydrogen) atoms. The van der Waals surface area contributed by atoms with Gasteiger partial charge in [-0.15, -0.1) is 0 Å². The van der Waals surface area contributed by atoms with E-state index in [4.69, 9.17) is 5.73 Å². The van der Waals surface area contributed by atoms with Crippen LogP contribution >= 0.6 is 0 Å². The lowest BCUT2D eigenvalue weighted by molar-refractivity contribution is -0.132. The number of hydrogen-bond donors (Lipinski definition) is 1. The molecular weight excluding hydrogens is 164 g/mol. The molecule has 3 unspecified atom stereocenters. The van der Waals surface area contributed by atoms with E-state index in [0.29, 0.717) is 30.3 Å². The zero-order valence-corrected chi connectivity index (χ0v) is 8.20. The Labute approximate surface area is 79.3 Å². The molecule has 2 aliphatic rings. The molecule has 3 nitrogen and oxygen atoms in total. The summed E-state index contributed by atoms with van der Waals surface area (Å²) < 4.78 is 0. The number of carbonyl (C=O) groups excluding carboxylic acids is 1. The average Bonchev–Trinajstić information content (AvgIpc) is 2.72. The molecule has 0 saturated carbocycles. The highest BCUT2D eigenvalue weighted by atomic mass is 16.2. The largest absolute Gasteiger partial charge is 0.336 e. The molecule has 2 bridgehead atoms. The fourth-order valence-electron chi connectivity index (χ4n) is 2.94. The third-order valence-electron chi connectivity index (χ3n) is 3.56. The minimum atomic E-state index is 0.323. The van der Waals surface area contributed by atoms with Gasteiger partial charge in [0.2, 0.25) is 5.91 Å². The van der Waals surface area contributed by atoms with Crippen LogP contribution in [0.5, 0.6) is 0 Å². The van der Waals surface area contributed by atoms with Crippen molar-refractivity contribution in [2.45, 2.75) is 44.7 Å². The van der Waals surface area contributed by atoms with Gasteiger partial charge in [-0.25, -0.2) is 0 Å². The molecule has 2 saturated heterocycles. The lowest BCUT2D eigenvalue weighted by Gasteiger charge is -2.23. The highest BCUT2D eigenvalue weighted by Crippen LogP contribution is 2.41. The van der Waals surface area contributed by atoms with Crippen LogP contribution in [-0.2, 0) is 4.79 Å². The Hall–Kier alpha value is -0.570. The Balaban J connectivity index is 2.10. The number of hydrogen-bond acceptors (Lipinski definition) is 2. The van der Waals surface area contributed by atoms with Gasteiger partial charge in [-0.05, 0) is 31.7 Å². The second-order valence-corrected chi connectivity index (χ2v) is 4.18. The Bertz CT molecular complexity index is 217. The van der Waals surface area contributed by atoms with E-state index in [1.54, 1.807) is 0 Å². The highest BCUT2D eigenvalue weighted by molar-refractivity contribution is 5.77. The SMILES string of the molecule is CCC(=O)N1C2CCC1C(CN)C2. The van der Waals surface area contributed by atoms with Crippen LogP contribution in [-0.4, -0.2) is 29.4 Å². The molecule has 74 valence electrons. The van der Waals surface area contributed by atoms with Crippen LogP contribution in [0.4, 0.5) is 0 Å². The summed E-state index contributed by atoms with van der Waals surface area (Å²) in [5.41, 5.74) is 5.69. The molecule has 3 atom stereocenters. The van der Waals surface area contributed by atoms with Gasteiger partial charge in [0.05, 0.1) is 0 Å². The van der Waals surface area contributed by atoms with E-state index in [1.807, 2.05) is 6.92 Å². The molecule has 2 aliphatic heterocycles. The fraction of sp³-hybridized carbons (Fsp3) is 0.900. The van der Waals surface area contributed by atoms with Gasteiger partial charge in [0.25, 0.3) is 0 Å². The summed E-state index contributed by atoms with van der Waals surface area (Å²) in [6.07, 6.45) is 4.17. The Morgan fingerprint density at radius 2 is 2.31 bits per heavy atom. The lowest BCUT2D eigenvalue weighted by Crippen LogP contribution is -2.37. The summed E-state index contributed by atoms with van der Waals surface area (Å²) in [4.78, 5) is 13.7. The van der Waals surface area contributed by atoms with E-state index >= 15 is 0 Å². The van der Waals surface area contributed by atoms with Gasteiger partial charge in [-0.1, -0.05) is 6.92 Å². The number of rotatable bonds is 2. The summed E-state index contributed by atoms with van der Waals surface area (Å²) in [7, 11) is 0. The van der Waals surface area contributed by atoms with Gasteiger partial charge in [0.15, 0.2) is 0 Å². The van der Waals surface area contributed by atoms with E-state index in [-0.39, 0.29) is 0 Å². The second-order valence-electron chi connectivity index (χ2n) is 4.18. The summed E-state index contributed by atoms with van der Waals surface area (Å²) >= 11 is 0. The number of amides is 1. The van der Waals surface area contributed by atoms with Crippen LogP contribution in [0.2, 0.25) is 0 Å². The van der Waals surface area contributed by atoms with Crippen LogP contribution < -0.4 is 5.73 Å². The van der Waals surface area contributed by atoms with Gasteiger partial charge in [-0.3, -0.25) is 4.79 Å². The number of fused-ring (bicyclic) bond motifs is 2. The van der Waals surface area contributed by atoms with Crippen molar-refractivity contribution in [3.05, 3.63) is 0 Å². The van der Waals surface area contributed by atoms with E-state index in [0.717, 1.165) is 13.0 Å². The Kier molecular flexibility index (Phi) is 2.28. The van der Waals surface area contributed by atoms with Crippen molar-refractivity contribution in [2.24, 2.45) is 11.7 Å². The molecule has 0 radical (unpaired) electrons. The quantitative estimate of drug-likeness (QED) is 0.684. The highest BCUT2D eigenvalue weighted by Gasteiger charge is 2.46. The first-order valence-corrected chi connectivity index (χ1v) is 5.29. The minimum absolute atomic E-state index is 0.323. The van der Waals surface area contributed by atoms with Crippen molar-refractivity contribution >= 4 is 5.91 Å². The van der Waals surface area contributed by atoms with Crippen LogP contribution in [0.3, 0.4) is 0 Å². The first kappa shape index (κ1) is 9.00. The average molecular weight is 182 g/mol. The summed E-state index contributed by atoms with van der Waals surface area (Å²) in [6, 6.07) is 0.994. The number of carbonyl (C=O) groups is 1. The zero-order valence-electron chi connectivity index (χ0n) is 8.20. The van der Waals surface area contributed by atoms with E-state index in [1.165, 1.54) is 12.8 Å². The summed E-state index contributed by atoms with van der Waals surface area (Å²) in [5.74, 6) is 0.901. The molecule has 2 fully saturated rings. The predicted molar refractivity (Wildman–Crippen MR) is 51.1 cm³/mol. The van der Waals surface area contributed by atoms with E-state index < -0.39 is 0 Å². The Morgan fingerprint density at radius 3 is 2.85 bits per heavy atom. The second kappa shape index (κ2) is 3.29. The first-order valence-electron chi connectivity index (χ1n) is 5.29. The molecule has 3 heteroatoms. The topological polar surface area (TPSA) is 46.3 Å². The molecule has 0 aromatic carbocycles. The van der Waals surface area contributed by atoms with Crippen molar-refractivity contribution in [3.63, 3.8) is 0 Å². The summed E-state index contributed by atoms with van der Waals surface area (Å²) in [6.45, 7) is 2.69. The maximum absolute atomic E-state index is 11.6. The molecule has 0 aliphatic carbocycles. The van der Waals surface area contributed by atoms with Crippen molar-refractivity contribution < 1.29 is 4.79 Å². The van der Waals surface area contributed by atoms with Gasteiger partial charge in [0, 0.05) is 18.5 Å². The van der Waals surface area contributed by atoms with Gasteiger partial charge < -0.3 is 10.6 Å². The van der Waals surface area contributed by atoms with Gasteiger partial charge >= 0.3 is 0 Å². The maximum Gasteiger partial charge on any atom is 0.222 e. The fourth-order valence-corrected chi connectivity index (χ4v) is 2.94. The Morgan fingerprint density at radius 1 is 1.54 bits per heavy atom. The molecule has 2 heterocycles. The van der Waals surface area contributed by atoms with Gasteiger partial charge in [-0.2, -0.15) is 0 Å². The number of nitrogens with two attached hydrogens (primary N) is 1. The molecular formula is C10H18N2O. The van der Waals surface area contributed by atoms with Crippen LogP contribution in [0.15, 0.2) is 0 Å². The predicted octanol–water partition coefficient (Wildman–Crippen LogP) is 0.735. The first-order chi connectivity index (χ1) is 6.27. The molecule has 0 aromatic rings. The third kappa shape index (κ3) is 1.26. The summed E-state index contributed by atoms with van der Waals surface area (Å²) in [5, 5.41) is 0. The molecule has 0 spiro atoms. The lowest BCUT2D eigenvalue weighted by atomic mass is 9.89. The smallest absolute Gasteiger partial charge is 0.222 e. The standard InChI is InChI=1S/C10H18N2O/c1-2-10(13)12-8-3-4-9(12)7(5-8)6-11/h7-9H,2-6,11H2,1H3. The van der Waals surface area contributed by atoms with Crippen molar-refractivity contribution in [1.82, 2.24) is 4.90 Å². The van der Waals surface area contributed by atoms with Gasteiger partial charge in [0.1, 0.15) is 0 Å². The van der Waals surface area contributed by atoms with Crippen molar-refractivity contribution in [1.29, 1.82) is 0 Å². The maximum atomic E-state index is 11.6. The number of nitrogens with zero attached hydrogens (tertiary/aromatic N) is 1. The van der Waals surface area contributed by atoms with Crippen LogP contribution in [0.1, 0.15) is 32.6 Å². The molecule has 0 aromatic heterocycles. The van der Waals surface area contributed by atoms with Crippen molar-refractivity contribution in [2.75, 3.05) is 6.54 Å². The third-order valence-corrected chi connectivity index (χ3v) is 3.56. The van der Waals surface area contributed by atoms with E-state index in [2.05, 4.69) is 4.90 Å². The minimum Gasteiger partial charge on any atom is -0.336 e.